The fourth-order valence-corrected chi connectivity index (χ4v) is 2.81. The van der Waals surface area contributed by atoms with E-state index in [4.69, 9.17) is 5.11 Å². The molecule has 0 spiro atoms. The number of phenols is 1. The number of carboxylic acid groups (broad SMARTS) is 1. The predicted octanol–water partition coefficient (Wildman–Crippen LogP) is 2.04. The van der Waals surface area contributed by atoms with E-state index in [-0.39, 0.29) is 30.4 Å². The fourth-order valence-electron chi connectivity index (χ4n) is 2.81. The van der Waals surface area contributed by atoms with Crippen molar-refractivity contribution >= 4 is 11.9 Å². The standard InChI is InChI=1S/C16H21NO4/c18-14-5-1-3-13(9-14)10-15(19)17-8-2-4-12(11-17)6-7-16(20)21/h1,3,5,9,12,18H,2,4,6-8,10-11H2,(H,20,21). The molecule has 5 heteroatoms. The number of benzene rings is 1. The van der Waals surface area contributed by atoms with E-state index in [0.717, 1.165) is 24.9 Å². The lowest BCUT2D eigenvalue weighted by Gasteiger charge is -2.32. The van der Waals surface area contributed by atoms with E-state index >= 15 is 0 Å². The van der Waals surface area contributed by atoms with E-state index in [2.05, 4.69) is 0 Å². The molecule has 0 aliphatic carbocycles. The van der Waals surface area contributed by atoms with Crippen molar-refractivity contribution in [3.63, 3.8) is 0 Å². The molecule has 1 aromatic rings. The minimum Gasteiger partial charge on any atom is -0.508 e. The highest BCUT2D eigenvalue weighted by Gasteiger charge is 2.24. The third-order valence-corrected chi connectivity index (χ3v) is 3.90. The number of likely N-dealkylation sites (tertiary alicyclic amines) is 1. The van der Waals surface area contributed by atoms with Gasteiger partial charge in [0.2, 0.25) is 5.91 Å². The second kappa shape index (κ2) is 7.11. The molecule has 1 heterocycles. The van der Waals surface area contributed by atoms with Gasteiger partial charge in [-0.05, 0) is 42.9 Å². The Bertz CT molecular complexity index is 515. The molecule has 0 bridgehead atoms. The Kier molecular flexibility index (Phi) is 5.20. The van der Waals surface area contributed by atoms with E-state index in [1.807, 2.05) is 11.0 Å². The molecule has 2 N–H and O–H groups in total. The van der Waals surface area contributed by atoms with Gasteiger partial charge in [0.25, 0.3) is 0 Å². The van der Waals surface area contributed by atoms with Crippen LogP contribution in [0.1, 0.15) is 31.2 Å². The monoisotopic (exact) mass is 291 g/mol. The van der Waals surface area contributed by atoms with Gasteiger partial charge in [0.15, 0.2) is 0 Å². The Labute approximate surface area is 124 Å². The van der Waals surface area contributed by atoms with Crippen LogP contribution in [0.4, 0.5) is 0 Å². The summed E-state index contributed by atoms with van der Waals surface area (Å²) in [5, 5.41) is 18.2. The van der Waals surface area contributed by atoms with Crippen LogP contribution in [-0.4, -0.2) is 40.1 Å². The zero-order valence-electron chi connectivity index (χ0n) is 12.0. The lowest BCUT2D eigenvalue weighted by molar-refractivity contribution is -0.137. The number of carbonyl (C=O) groups excluding carboxylic acids is 1. The van der Waals surface area contributed by atoms with Gasteiger partial charge in [0.1, 0.15) is 5.75 Å². The summed E-state index contributed by atoms with van der Waals surface area (Å²) in [4.78, 5) is 24.7. The number of rotatable bonds is 5. The Hall–Kier alpha value is -2.04. The van der Waals surface area contributed by atoms with Crippen molar-refractivity contribution in [2.75, 3.05) is 13.1 Å². The third-order valence-electron chi connectivity index (χ3n) is 3.90. The van der Waals surface area contributed by atoms with Crippen molar-refractivity contribution < 1.29 is 19.8 Å². The quantitative estimate of drug-likeness (QED) is 0.870. The second-order valence-electron chi connectivity index (χ2n) is 5.63. The van der Waals surface area contributed by atoms with Crippen LogP contribution in [0.5, 0.6) is 5.75 Å². The summed E-state index contributed by atoms with van der Waals surface area (Å²) >= 11 is 0. The van der Waals surface area contributed by atoms with Crippen LogP contribution < -0.4 is 0 Å². The van der Waals surface area contributed by atoms with Gasteiger partial charge < -0.3 is 15.1 Å². The minimum absolute atomic E-state index is 0.0422. The zero-order chi connectivity index (χ0) is 15.2. The summed E-state index contributed by atoms with van der Waals surface area (Å²) in [5.41, 5.74) is 0.799. The molecule has 1 aromatic carbocycles. The van der Waals surface area contributed by atoms with Crippen LogP contribution in [0, 0.1) is 5.92 Å². The molecular weight excluding hydrogens is 270 g/mol. The summed E-state index contributed by atoms with van der Waals surface area (Å²) in [5.74, 6) is -0.292. The van der Waals surface area contributed by atoms with Gasteiger partial charge in [-0.1, -0.05) is 12.1 Å². The number of carbonyl (C=O) groups is 2. The Balaban J connectivity index is 1.88. The predicted molar refractivity (Wildman–Crippen MR) is 78.0 cm³/mol. The molecule has 1 atom stereocenters. The number of hydrogen-bond donors (Lipinski definition) is 2. The highest BCUT2D eigenvalue weighted by atomic mass is 16.4. The van der Waals surface area contributed by atoms with E-state index < -0.39 is 5.97 Å². The highest BCUT2D eigenvalue weighted by Crippen LogP contribution is 2.22. The van der Waals surface area contributed by atoms with Crippen molar-refractivity contribution in [1.82, 2.24) is 4.90 Å². The molecule has 5 nitrogen and oxygen atoms in total. The van der Waals surface area contributed by atoms with Crippen molar-refractivity contribution in [1.29, 1.82) is 0 Å². The van der Waals surface area contributed by atoms with E-state index in [1.165, 1.54) is 0 Å². The maximum absolute atomic E-state index is 12.3. The first-order chi connectivity index (χ1) is 10.0. The summed E-state index contributed by atoms with van der Waals surface area (Å²) < 4.78 is 0. The Morgan fingerprint density at radius 3 is 2.86 bits per heavy atom. The van der Waals surface area contributed by atoms with E-state index in [9.17, 15) is 14.7 Å². The molecule has 114 valence electrons. The molecule has 1 unspecified atom stereocenters. The molecular formula is C16H21NO4. The molecule has 0 saturated carbocycles. The van der Waals surface area contributed by atoms with Crippen molar-refractivity contribution in [2.45, 2.75) is 32.1 Å². The smallest absolute Gasteiger partial charge is 0.303 e. The first kappa shape index (κ1) is 15.4. The molecule has 21 heavy (non-hydrogen) atoms. The van der Waals surface area contributed by atoms with Crippen molar-refractivity contribution in [3.05, 3.63) is 29.8 Å². The van der Waals surface area contributed by atoms with Crippen LogP contribution >= 0.6 is 0 Å². The Morgan fingerprint density at radius 2 is 2.14 bits per heavy atom. The molecule has 0 radical (unpaired) electrons. The van der Waals surface area contributed by atoms with E-state index in [0.29, 0.717) is 13.0 Å². The second-order valence-corrected chi connectivity index (χ2v) is 5.63. The number of amides is 1. The normalized spacial score (nSPS) is 18.5. The van der Waals surface area contributed by atoms with Crippen LogP contribution in [-0.2, 0) is 16.0 Å². The first-order valence-electron chi connectivity index (χ1n) is 7.32. The third kappa shape index (κ3) is 4.77. The fraction of sp³-hybridized carbons (Fsp3) is 0.500. The molecule has 2 rings (SSSR count). The first-order valence-corrected chi connectivity index (χ1v) is 7.32. The van der Waals surface area contributed by atoms with Gasteiger partial charge in [0, 0.05) is 19.5 Å². The van der Waals surface area contributed by atoms with Crippen LogP contribution in [0.2, 0.25) is 0 Å². The van der Waals surface area contributed by atoms with Crippen molar-refractivity contribution in [2.24, 2.45) is 5.92 Å². The average Bonchev–Trinajstić information content (AvgIpc) is 2.45. The van der Waals surface area contributed by atoms with Gasteiger partial charge >= 0.3 is 5.97 Å². The van der Waals surface area contributed by atoms with Crippen LogP contribution in [0.15, 0.2) is 24.3 Å². The average molecular weight is 291 g/mol. The van der Waals surface area contributed by atoms with Gasteiger partial charge in [-0.3, -0.25) is 9.59 Å². The van der Waals surface area contributed by atoms with E-state index in [1.54, 1.807) is 18.2 Å². The minimum atomic E-state index is -0.779. The number of aromatic hydroxyl groups is 1. The topological polar surface area (TPSA) is 77.8 Å². The van der Waals surface area contributed by atoms with Crippen molar-refractivity contribution in [3.8, 4) is 5.75 Å². The number of piperidine rings is 1. The lowest BCUT2D eigenvalue weighted by atomic mass is 9.93. The molecule has 1 amide bonds. The number of hydrogen-bond acceptors (Lipinski definition) is 3. The molecule has 1 fully saturated rings. The SMILES string of the molecule is O=C(O)CCC1CCCN(C(=O)Cc2cccc(O)c2)C1. The highest BCUT2D eigenvalue weighted by molar-refractivity contribution is 5.79. The summed E-state index contributed by atoms with van der Waals surface area (Å²) in [7, 11) is 0. The van der Waals surface area contributed by atoms with Crippen LogP contribution in [0.3, 0.4) is 0 Å². The number of nitrogens with zero attached hydrogens (tertiary/aromatic N) is 1. The molecule has 1 aliphatic heterocycles. The van der Waals surface area contributed by atoms with Gasteiger partial charge in [-0.15, -0.1) is 0 Å². The molecule has 1 saturated heterocycles. The summed E-state index contributed by atoms with van der Waals surface area (Å²) in [6.45, 7) is 1.38. The van der Waals surface area contributed by atoms with Gasteiger partial charge in [-0.25, -0.2) is 0 Å². The zero-order valence-corrected chi connectivity index (χ0v) is 12.0. The maximum atomic E-state index is 12.3. The lowest BCUT2D eigenvalue weighted by Crippen LogP contribution is -2.40. The summed E-state index contributed by atoms with van der Waals surface area (Å²) in [6, 6.07) is 6.73. The maximum Gasteiger partial charge on any atom is 0.303 e. The van der Waals surface area contributed by atoms with Crippen LogP contribution in [0.25, 0.3) is 0 Å². The number of aliphatic carboxylic acids is 1. The molecule has 1 aliphatic rings. The Morgan fingerprint density at radius 1 is 1.33 bits per heavy atom. The largest absolute Gasteiger partial charge is 0.508 e. The number of carboxylic acids is 1. The van der Waals surface area contributed by atoms with Gasteiger partial charge in [-0.2, -0.15) is 0 Å². The molecule has 0 aromatic heterocycles. The number of phenolic OH excluding ortho intramolecular Hbond substituents is 1. The van der Waals surface area contributed by atoms with Gasteiger partial charge in [0.05, 0.1) is 6.42 Å². The summed E-state index contributed by atoms with van der Waals surface area (Å²) in [6.07, 6.45) is 2.99.